The Hall–Kier alpha value is -13.5. The van der Waals surface area contributed by atoms with Crippen molar-refractivity contribution < 1.29 is 91.8 Å². The molecule has 0 bridgehead atoms. The van der Waals surface area contributed by atoms with Crippen LogP contribution in [0.4, 0.5) is 69.8 Å². The average Bonchev–Trinajstić information content (AvgIpc) is 0.723. The van der Waals surface area contributed by atoms with Gasteiger partial charge in [-0.3, -0.25) is 38.4 Å². The molecule has 44 nitrogen and oxygen atoms in total. The highest BCUT2D eigenvalue weighted by Crippen LogP contribution is 2.35. The Morgan fingerprint density at radius 1 is 0.258 bits per heavy atom. The first-order valence-corrected chi connectivity index (χ1v) is 43.7. The fraction of sp³-hybridized carbons (Fsp3) is 0.316. The third-order valence-corrected chi connectivity index (χ3v) is 26.0. The predicted octanol–water partition coefficient (Wildman–Crippen LogP) is 2.63. The highest BCUT2D eigenvalue weighted by Gasteiger charge is 2.32. The van der Waals surface area contributed by atoms with Crippen LogP contribution >= 0.6 is 0 Å². The third-order valence-electron chi connectivity index (χ3n) is 18.4. The highest BCUT2D eigenvalue weighted by molar-refractivity contribution is 7.90. The van der Waals surface area contributed by atoms with E-state index in [9.17, 15) is 91.8 Å². The van der Waals surface area contributed by atoms with Gasteiger partial charge in [-0.25, -0.2) is 43.3 Å². The van der Waals surface area contributed by atoms with Crippen LogP contribution in [0.5, 0.6) is 0 Å². The van der Waals surface area contributed by atoms with Gasteiger partial charge in [0.15, 0.2) is 0 Å². The molecule has 0 unspecified atom stereocenters. The topological polar surface area (TPSA) is 606 Å². The van der Waals surface area contributed by atoms with Crippen molar-refractivity contribution in [2.24, 2.45) is 0 Å². The van der Waals surface area contributed by atoms with Crippen molar-refractivity contribution in [3.05, 3.63) is 145 Å². The Kier molecular flexibility index (Phi) is 34.3. The summed E-state index contributed by atoms with van der Waals surface area (Å²) in [5, 5.41) is 59.0. The number of carboxylic acid groups (broad SMARTS) is 2. The number of benzene rings is 6. The summed E-state index contributed by atoms with van der Waals surface area (Å²) in [5.41, 5.74) is -1.16. The lowest BCUT2D eigenvalue weighted by Gasteiger charge is -2.22. The van der Waals surface area contributed by atoms with E-state index in [4.69, 9.17) is 0 Å². The molecule has 0 saturated carbocycles. The number of hydrogen-bond donors (Lipinski definition) is 16. The number of carboxylic acids is 2. The minimum Gasteiger partial charge on any atom is -0.478 e. The molecule has 8 rings (SSSR count). The second-order valence-electron chi connectivity index (χ2n) is 26.6. The van der Waals surface area contributed by atoms with E-state index in [1.807, 2.05) is 0 Å². The monoisotopic (exact) mass is 1790 g/mol. The van der Waals surface area contributed by atoms with Crippen LogP contribution in [0.25, 0.3) is 11.1 Å². The Balaban J connectivity index is 1.18. The molecular weight excluding hydrogens is 1700 g/mol. The van der Waals surface area contributed by atoms with Crippen LogP contribution in [0.2, 0.25) is 0 Å². The van der Waals surface area contributed by atoms with E-state index in [1.165, 1.54) is 178 Å². The summed E-state index contributed by atoms with van der Waals surface area (Å²) in [4.78, 5) is 152. The zero-order valence-electron chi connectivity index (χ0n) is 68.4. The second kappa shape index (κ2) is 44.3. The van der Waals surface area contributed by atoms with Crippen molar-refractivity contribution in [1.82, 2.24) is 89.7 Å². The fourth-order valence-corrected chi connectivity index (χ4v) is 17.6. The highest BCUT2D eigenvalue weighted by atomic mass is 32.2. The van der Waals surface area contributed by atoms with E-state index in [0.717, 1.165) is 29.4 Å². The van der Waals surface area contributed by atoms with Crippen molar-refractivity contribution in [3.63, 3.8) is 0 Å². The molecule has 662 valence electrons. The summed E-state index contributed by atoms with van der Waals surface area (Å²) >= 11 is 0. The molecular formula is C76H94N24O20S4. The van der Waals surface area contributed by atoms with Crippen LogP contribution in [-0.4, -0.2) is 259 Å². The molecule has 0 spiro atoms. The summed E-state index contributed by atoms with van der Waals surface area (Å²) in [6, 6.07) is 28.8. The summed E-state index contributed by atoms with van der Waals surface area (Å²) in [5.74, 6) is -8.92. The number of amides is 8. The zero-order valence-corrected chi connectivity index (χ0v) is 71.6. The Bertz CT molecular complexity index is 5080. The van der Waals surface area contributed by atoms with Crippen molar-refractivity contribution in [1.29, 1.82) is 0 Å². The maximum atomic E-state index is 14.3. The smallest absolute Gasteiger partial charge is 0.336 e. The van der Waals surface area contributed by atoms with Crippen LogP contribution in [0, 0.1) is 0 Å². The lowest BCUT2D eigenvalue weighted by molar-refractivity contribution is -0.122. The number of hydrogen-bond acceptors (Lipinski definition) is 30. The molecule has 2 aromatic heterocycles. The molecule has 0 saturated heterocycles. The molecule has 0 fully saturated rings. The van der Waals surface area contributed by atoms with E-state index >= 15 is 0 Å². The molecule has 0 radical (unpaired) electrons. The first-order chi connectivity index (χ1) is 59.0. The lowest BCUT2D eigenvalue weighted by atomic mass is 9.94. The Morgan fingerprint density at radius 3 is 0.589 bits per heavy atom. The van der Waals surface area contributed by atoms with Gasteiger partial charge < -0.3 is 84.6 Å². The number of nitrogens with one attached hydrogen (secondary N) is 14. The summed E-state index contributed by atoms with van der Waals surface area (Å²) in [6.07, 6.45) is -2.05. The van der Waals surface area contributed by atoms with Gasteiger partial charge in [-0.05, 0) is 108 Å². The van der Waals surface area contributed by atoms with Crippen molar-refractivity contribution >= 4 is 169 Å². The molecule has 0 atom stereocenters. The van der Waals surface area contributed by atoms with Gasteiger partial charge in [0.05, 0.1) is 30.7 Å². The Labute approximate surface area is 714 Å². The predicted molar refractivity (Wildman–Crippen MR) is 455 cm³/mol. The third kappa shape index (κ3) is 26.7. The van der Waals surface area contributed by atoms with Crippen molar-refractivity contribution in [2.75, 3.05) is 141 Å². The quantitative estimate of drug-likeness (QED) is 0.0261. The first-order valence-electron chi connectivity index (χ1n) is 37.9. The minimum absolute atomic E-state index is 0.0384. The van der Waals surface area contributed by atoms with Gasteiger partial charge >= 0.3 is 11.9 Å². The van der Waals surface area contributed by atoms with Gasteiger partial charge in [-0.1, -0.05) is 36.4 Å². The van der Waals surface area contributed by atoms with E-state index in [1.54, 1.807) is 0 Å². The van der Waals surface area contributed by atoms with Crippen LogP contribution in [0.15, 0.2) is 153 Å². The number of anilines is 12. The molecule has 8 aromatic rings. The van der Waals surface area contributed by atoms with Crippen LogP contribution in [0.1, 0.15) is 72.1 Å². The Morgan fingerprint density at radius 2 is 0.427 bits per heavy atom. The van der Waals surface area contributed by atoms with Crippen molar-refractivity contribution in [3.8, 4) is 11.1 Å². The molecule has 6 aromatic carbocycles. The van der Waals surface area contributed by atoms with E-state index in [2.05, 4.69) is 104 Å². The molecule has 2 heterocycles. The molecule has 0 aliphatic carbocycles. The lowest BCUT2D eigenvalue weighted by Crippen LogP contribution is -2.37. The molecule has 16 N–H and O–H groups in total. The molecule has 48 heteroatoms. The van der Waals surface area contributed by atoms with Gasteiger partial charge in [0.2, 0.25) is 123 Å². The molecule has 124 heavy (non-hydrogen) atoms. The van der Waals surface area contributed by atoms with E-state index in [0.29, 0.717) is 0 Å². The minimum atomic E-state index is -4.45. The molecule has 0 aliphatic rings. The summed E-state index contributed by atoms with van der Waals surface area (Å²) in [7, 11) is -6.81. The van der Waals surface area contributed by atoms with Gasteiger partial charge in [0.25, 0.3) is 0 Å². The number of nitrogens with zero attached hydrogens (tertiary/aromatic N) is 10. The molecule has 0 aliphatic heterocycles. The summed E-state index contributed by atoms with van der Waals surface area (Å²) in [6.45, 7) is -2.50. The number of aromatic carboxylic acids is 2. The number of carbonyl (C=O) groups is 10. The van der Waals surface area contributed by atoms with Gasteiger partial charge in [-0.15, -0.1) is 0 Å². The zero-order chi connectivity index (χ0) is 90.6. The van der Waals surface area contributed by atoms with Gasteiger partial charge in [-0.2, -0.15) is 47.1 Å². The maximum absolute atomic E-state index is 14.3. The summed E-state index contributed by atoms with van der Waals surface area (Å²) < 4.78 is 119. The normalized spacial score (nSPS) is 11.5. The SMILES string of the molecule is CNC(=O)CCN(CCC(=O)NC)S(=O)(=O)c1cccc(Nc2nc(Nc3cccc(S(=O)(=O)N(CCC(=O)NC)CCC(=O)NC)c3)nc(Nc3ccc(-c4ccc(Nc5nc(Nc6cccc(S(=O)(=O)N(CCC(=O)NC)CCC(=O)NC)c6)nc(Nc6cccc(S(=O)(=O)N(CCC(=O)NC)CCC(=O)NC)c6)n5)cc4C(=O)O)c(C(=O)O)c3)n2)c1. The number of rotatable bonds is 47. The second-order valence-corrected chi connectivity index (χ2v) is 34.4. The number of sulfonamides is 4. The van der Waals surface area contributed by atoms with Gasteiger partial charge in [0.1, 0.15) is 0 Å². The molecule has 8 amide bonds. The first kappa shape index (κ1) is 95.9. The standard InChI is InChI=1S/C76H94N24O20S4/c1-77-61(101)25-33-97(34-26-62(102)78-2)121(113,114)53-17-9-13-47(41-53)85-71-91-72(86-48-14-10-18-54(42-48)122(115,116)98(35-27-63(103)79-3)36-28-64(104)80-4)94-75(93-71)89-51-21-23-57(59(45-51)69(109)110)58-24-22-52(46-60(58)70(111)112)90-76-95-73(87-49-15-11-19-55(43-49)123(117,118)99(37-29-65(105)81-5)38-30-66(106)82-6)92-74(96-76)88-50-16-12-20-56(44-50)124(119,120)100(39-31-67(107)83-7)40-32-68(108)84-8/h9-24,41-46H,25-40H2,1-8H3,(H,77,101)(H,78,102)(H,79,103)(H,80,104)(H,81,105)(H,82,106)(H,83,107)(H,84,108)(H,109,110)(H,111,112)(H3,85,86,89,91,93,94)(H3,87,88,90,92,95,96). The van der Waals surface area contributed by atoms with E-state index < -0.39 is 110 Å². The van der Waals surface area contributed by atoms with Crippen LogP contribution < -0.4 is 74.4 Å². The van der Waals surface area contributed by atoms with Gasteiger partial charge in [0, 0.05) is 194 Å². The fourth-order valence-electron chi connectivity index (χ4n) is 11.7. The van der Waals surface area contributed by atoms with Crippen LogP contribution in [-0.2, 0) is 78.4 Å². The van der Waals surface area contributed by atoms with Crippen LogP contribution in [0.3, 0.4) is 0 Å². The average molecular weight is 1790 g/mol. The van der Waals surface area contributed by atoms with E-state index in [-0.39, 0.29) is 204 Å². The maximum Gasteiger partial charge on any atom is 0.336 e. The number of carbonyl (C=O) groups excluding carboxylic acids is 8. The largest absolute Gasteiger partial charge is 0.478 e. The van der Waals surface area contributed by atoms with Crippen molar-refractivity contribution in [2.45, 2.75) is 70.9 Å². The number of aromatic nitrogens is 6.